The van der Waals surface area contributed by atoms with Crippen molar-refractivity contribution in [2.75, 3.05) is 13.1 Å². The van der Waals surface area contributed by atoms with Crippen molar-refractivity contribution in [1.82, 2.24) is 10.3 Å². The monoisotopic (exact) mass is 253 g/mol. The minimum atomic E-state index is 0.122. The molecule has 0 aliphatic heterocycles. The highest BCUT2D eigenvalue weighted by atomic mass is 32.1. The first-order chi connectivity index (χ1) is 8.20. The molecule has 1 saturated carbocycles. The Balaban J connectivity index is 1.63. The molecule has 0 spiro atoms. The van der Waals surface area contributed by atoms with Crippen LogP contribution in [0.5, 0.6) is 0 Å². The molecule has 0 amide bonds. The van der Waals surface area contributed by atoms with E-state index in [1.165, 1.54) is 30.7 Å². The molecule has 1 aromatic rings. The summed E-state index contributed by atoms with van der Waals surface area (Å²) >= 11 is 1.74. The van der Waals surface area contributed by atoms with Crippen LogP contribution in [0.3, 0.4) is 0 Å². The Morgan fingerprint density at radius 3 is 2.94 bits per heavy atom. The molecule has 1 heterocycles. The highest BCUT2D eigenvalue weighted by Crippen LogP contribution is 2.29. The lowest BCUT2D eigenvalue weighted by atomic mass is 9.95. The largest absolute Gasteiger partial charge is 0.325 e. The molecule has 1 fully saturated rings. The van der Waals surface area contributed by atoms with Crippen LogP contribution in [-0.2, 0) is 0 Å². The van der Waals surface area contributed by atoms with Crippen LogP contribution in [0, 0.1) is 0 Å². The Bertz CT molecular complexity index is 317. The van der Waals surface area contributed by atoms with E-state index < -0.39 is 0 Å². The molecule has 2 rings (SSSR count). The topological polar surface area (TPSA) is 50.9 Å². The number of nitrogens with two attached hydrogens (primary N) is 1. The van der Waals surface area contributed by atoms with Crippen LogP contribution in [0.2, 0.25) is 0 Å². The summed E-state index contributed by atoms with van der Waals surface area (Å²) in [5.41, 5.74) is 6.44. The normalized spacial score (nSPS) is 20.6. The van der Waals surface area contributed by atoms with Crippen LogP contribution >= 0.6 is 11.3 Å². The molecule has 1 unspecified atom stereocenters. The summed E-state index contributed by atoms with van der Waals surface area (Å²) in [7, 11) is 0. The van der Waals surface area contributed by atoms with Crippen molar-refractivity contribution in [1.29, 1.82) is 0 Å². The maximum atomic E-state index is 6.32. The molecular weight excluding hydrogens is 230 g/mol. The summed E-state index contributed by atoms with van der Waals surface area (Å²) in [6.07, 6.45) is 8.02. The fraction of sp³-hybridized carbons (Fsp3) is 0.769. The minimum absolute atomic E-state index is 0.122. The third-order valence-corrected chi connectivity index (χ3v) is 4.73. The van der Waals surface area contributed by atoms with Crippen LogP contribution in [-0.4, -0.2) is 23.6 Å². The van der Waals surface area contributed by atoms with Gasteiger partial charge in [0.25, 0.3) is 0 Å². The SMILES string of the molecule is CC(CNCCC1(N)CCCC1)c1nccs1. The average molecular weight is 253 g/mol. The molecular formula is C13H23N3S. The number of thiazole rings is 1. The minimum Gasteiger partial charge on any atom is -0.325 e. The maximum absolute atomic E-state index is 6.32. The van der Waals surface area contributed by atoms with Crippen molar-refractivity contribution < 1.29 is 0 Å². The number of aromatic nitrogens is 1. The van der Waals surface area contributed by atoms with E-state index in [-0.39, 0.29) is 5.54 Å². The predicted octanol–water partition coefficient (Wildman–Crippen LogP) is 2.50. The summed E-state index contributed by atoms with van der Waals surface area (Å²) in [6.45, 7) is 4.26. The number of hydrogen-bond donors (Lipinski definition) is 2. The Morgan fingerprint density at radius 2 is 2.29 bits per heavy atom. The van der Waals surface area contributed by atoms with Gasteiger partial charge in [-0.15, -0.1) is 11.3 Å². The molecule has 1 atom stereocenters. The standard InChI is InChI=1S/C13H23N3S/c1-11(12-16-8-9-17-12)10-15-7-6-13(14)4-2-3-5-13/h8-9,11,15H,2-7,10,14H2,1H3. The van der Waals surface area contributed by atoms with Crippen LogP contribution in [0.1, 0.15) is 50.0 Å². The summed E-state index contributed by atoms with van der Waals surface area (Å²) in [4.78, 5) is 4.34. The zero-order valence-electron chi connectivity index (χ0n) is 10.6. The fourth-order valence-electron chi connectivity index (χ4n) is 2.55. The molecule has 1 aliphatic rings. The van der Waals surface area contributed by atoms with E-state index in [9.17, 15) is 0 Å². The lowest BCUT2D eigenvalue weighted by molar-refractivity contribution is 0.391. The molecule has 3 nitrogen and oxygen atoms in total. The van der Waals surface area contributed by atoms with Crippen LogP contribution in [0.15, 0.2) is 11.6 Å². The third-order valence-electron chi connectivity index (χ3n) is 3.72. The summed E-state index contributed by atoms with van der Waals surface area (Å²) in [5.74, 6) is 0.507. The van der Waals surface area contributed by atoms with Gasteiger partial charge >= 0.3 is 0 Å². The second kappa shape index (κ2) is 5.94. The molecule has 17 heavy (non-hydrogen) atoms. The Hall–Kier alpha value is -0.450. The zero-order valence-corrected chi connectivity index (χ0v) is 11.4. The zero-order chi connectivity index (χ0) is 12.1. The second-order valence-corrected chi connectivity index (χ2v) is 6.22. The van der Waals surface area contributed by atoms with Gasteiger partial charge in [-0.3, -0.25) is 0 Å². The fourth-order valence-corrected chi connectivity index (χ4v) is 3.25. The van der Waals surface area contributed by atoms with E-state index in [1.807, 2.05) is 11.6 Å². The number of rotatable bonds is 6. The number of nitrogens with one attached hydrogen (secondary N) is 1. The summed E-state index contributed by atoms with van der Waals surface area (Å²) in [5, 5.41) is 6.78. The average Bonchev–Trinajstić information content (AvgIpc) is 2.95. The first-order valence-corrected chi connectivity index (χ1v) is 7.47. The van der Waals surface area contributed by atoms with Crippen molar-refractivity contribution in [3.05, 3.63) is 16.6 Å². The first-order valence-electron chi connectivity index (χ1n) is 6.59. The van der Waals surface area contributed by atoms with Crippen molar-refractivity contribution in [3.63, 3.8) is 0 Å². The third kappa shape index (κ3) is 3.76. The van der Waals surface area contributed by atoms with Crippen LogP contribution < -0.4 is 11.1 Å². The Kier molecular flexibility index (Phi) is 4.54. The molecule has 3 N–H and O–H groups in total. The lowest BCUT2D eigenvalue weighted by Crippen LogP contribution is -2.39. The molecule has 96 valence electrons. The Labute approximate surface area is 108 Å². The first kappa shape index (κ1) is 13.0. The number of nitrogens with zero attached hydrogens (tertiary/aromatic N) is 1. The lowest BCUT2D eigenvalue weighted by Gasteiger charge is -2.23. The molecule has 1 aromatic heterocycles. The predicted molar refractivity (Wildman–Crippen MR) is 73.4 cm³/mol. The second-order valence-electron chi connectivity index (χ2n) is 5.29. The molecule has 4 heteroatoms. The van der Waals surface area contributed by atoms with E-state index in [4.69, 9.17) is 5.73 Å². The quantitative estimate of drug-likeness (QED) is 0.766. The van der Waals surface area contributed by atoms with E-state index in [0.29, 0.717) is 5.92 Å². The van der Waals surface area contributed by atoms with E-state index in [1.54, 1.807) is 11.3 Å². The summed E-state index contributed by atoms with van der Waals surface area (Å²) in [6, 6.07) is 0. The van der Waals surface area contributed by atoms with Crippen molar-refractivity contribution in [3.8, 4) is 0 Å². The van der Waals surface area contributed by atoms with Gasteiger partial charge in [-0.2, -0.15) is 0 Å². The summed E-state index contributed by atoms with van der Waals surface area (Å²) < 4.78 is 0. The van der Waals surface area contributed by atoms with Gasteiger partial charge in [0.1, 0.15) is 0 Å². The van der Waals surface area contributed by atoms with Crippen LogP contribution in [0.4, 0.5) is 0 Å². The molecule has 0 aromatic carbocycles. The van der Waals surface area contributed by atoms with E-state index in [0.717, 1.165) is 19.5 Å². The van der Waals surface area contributed by atoms with Gasteiger partial charge in [0.2, 0.25) is 0 Å². The van der Waals surface area contributed by atoms with Crippen molar-refractivity contribution in [2.24, 2.45) is 5.73 Å². The van der Waals surface area contributed by atoms with E-state index >= 15 is 0 Å². The number of hydrogen-bond acceptors (Lipinski definition) is 4. The molecule has 0 radical (unpaired) electrons. The maximum Gasteiger partial charge on any atom is 0.0965 e. The van der Waals surface area contributed by atoms with Gasteiger partial charge in [0, 0.05) is 29.6 Å². The van der Waals surface area contributed by atoms with E-state index in [2.05, 4.69) is 17.2 Å². The van der Waals surface area contributed by atoms with Crippen LogP contribution in [0.25, 0.3) is 0 Å². The van der Waals surface area contributed by atoms with Gasteiger partial charge < -0.3 is 11.1 Å². The Morgan fingerprint density at radius 1 is 1.53 bits per heavy atom. The van der Waals surface area contributed by atoms with Gasteiger partial charge in [0.15, 0.2) is 0 Å². The van der Waals surface area contributed by atoms with Crippen molar-refractivity contribution >= 4 is 11.3 Å². The highest BCUT2D eigenvalue weighted by Gasteiger charge is 2.28. The smallest absolute Gasteiger partial charge is 0.0965 e. The highest BCUT2D eigenvalue weighted by molar-refractivity contribution is 7.09. The van der Waals surface area contributed by atoms with Gasteiger partial charge in [-0.1, -0.05) is 19.8 Å². The molecule has 1 aliphatic carbocycles. The van der Waals surface area contributed by atoms with Gasteiger partial charge in [-0.05, 0) is 25.8 Å². The van der Waals surface area contributed by atoms with Gasteiger partial charge in [0.05, 0.1) is 5.01 Å². The molecule has 0 saturated heterocycles. The van der Waals surface area contributed by atoms with Crippen molar-refractivity contribution in [2.45, 2.75) is 50.5 Å². The van der Waals surface area contributed by atoms with Gasteiger partial charge in [-0.25, -0.2) is 4.98 Å². The molecule has 0 bridgehead atoms.